The van der Waals surface area contributed by atoms with Crippen LogP contribution in [-0.4, -0.2) is 40.6 Å². The minimum absolute atomic E-state index is 0.0665. The van der Waals surface area contributed by atoms with E-state index in [0.29, 0.717) is 0 Å². The van der Waals surface area contributed by atoms with Crippen molar-refractivity contribution in [3.63, 3.8) is 0 Å². The van der Waals surface area contributed by atoms with E-state index in [0.717, 1.165) is 25.9 Å². The van der Waals surface area contributed by atoms with Gasteiger partial charge in [-0.2, -0.15) is 0 Å². The number of hydroxylamine groups is 2. The van der Waals surface area contributed by atoms with Crippen molar-refractivity contribution in [3.8, 4) is 5.75 Å². The second-order valence-electron chi connectivity index (χ2n) is 6.84. The maximum atomic E-state index is 7.00. The quantitative estimate of drug-likeness (QED) is 0.878. The molecule has 0 saturated carbocycles. The molecule has 22 heavy (non-hydrogen) atoms. The van der Waals surface area contributed by atoms with Crippen molar-refractivity contribution in [3.05, 3.63) is 30.3 Å². The minimum atomic E-state index is 0.0665. The van der Waals surface area contributed by atoms with Gasteiger partial charge in [0.05, 0.1) is 11.1 Å². The molecule has 1 aliphatic rings. The van der Waals surface area contributed by atoms with Crippen LogP contribution in [0.2, 0.25) is 0 Å². The zero-order valence-electron chi connectivity index (χ0n) is 15.1. The van der Waals surface area contributed by atoms with Gasteiger partial charge in [0.2, 0.25) is 0 Å². The van der Waals surface area contributed by atoms with E-state index in [-0.39, 0.29) is 11.1 Å². The number of hydrogen-bond acceptors (Lipinski definition) is 4. The Kier molecular flexibility index (Phi) is 8.68. The summed E-state index contributed by atoms with van der Waals surface area (Å²) in [4.78, 5) is 6.17. The van der Waals surface area contributed by atoms with Crippen LogP contribution in [0.25, 0.3) is 0 Å². The van der Waals surface area contributed by atoms with Crippen LogP contribution in [-0.2, 0) is 0 Å². The summed E-state index contributed by atoms with van der Waals surface area (Å²) in [6, 6.07) is 10.1. The predicted octanol–water partition coefficient (Wildman–Crippen LogP) is 3.49. The van der Waals surface area contributed by atoms with Gasteiger partial charge in [0, 0.05) is 14.2 Å². The SMILES string of the molecule is CC1CC(C)(C)N(Oc2ccccc2)C(C)(C)C1.CO.CO. The lowest BCUT2D eigenvalue weighted by atomic mass is 9.76. The summed E-state index contributed by atoms with van der Waals surface area (Å²) < 4.78 is 0. The van der Waals surface area contributed by atoms with E-state index in [9.17, 15) is 0 Å². The molecular weight excluding hydrogens is 278 g/mol. The van der Waals surface area contributed by atoms with Crippen LogP contribution < -0.4 is 4.84 Å². The van der Waals surface area contributed by atoms with Crippen LogP contribution >= 0.6 is 0 Å². The number of para-hydroxylation sites is 1. The number of hydrogen-bond donors (Lipinski definition) is 2. The molecule has 0 radical (unpaired) electrons. The van der Waals surface area contributed by atoms with E-state index in [1.807, 2.05) is 30.3 Å². The van der Waals surface area contributed by atoms with E-state index in [4.69, 9.17) is 15.1 Å². The summed E-state index contributed by atoms with van der Waals surface area (Å²) in [6.07, 6.45) is 2.34. The molecule has 2 rings (SSSR count). The summed E-state index contributed by atoms with van der Waals surface area (Å²) in [5.74, 6) is 1.67. The summed E-state index contributed by atoms with van der Waals surface area (Å²) in [5, 5.41) is 16.2. The van der Waals surface area contributed by atoms with Gasteiger partial charge in [-0.15, -0.1) is 5.06 Å². The summed E-state index contributed by atoms with van der Waals surface area (Å²) in [7, 11) is 2.00. The molecule has 2 N–H and O–H groups in total. The lowest BCUT2D eigenvalue weighted by Crippen LogP contribution is -2.61. The van der Waals surface area contributed by atoms with Crippen molar-refractivity contribution in [2.75, 3.05) is 14.2 Å². The van der Waals surface area contributed by atoms with Crippen LogP contribution in [0.1, 0.15) is 47.5 Å². The number of nitrogens with zero attached hydrogens (tertiary/aromatic N) is 1. The zero-order chi connectivity index (χ0) is 17.4. The van der Waals surface area contributed by atoms with Crippen LogP contribution in [0.15, 0.2) is 30.3 Å². The summed E-state index contributed by atoms with van der Waals surface area (Å²) in [5.41, 5.74) is 0.133. The van der Waals surface area contributed by atoms with Crippen molar-refractivity contribution in [2.45, 2.75) is 58.5 Å². The Bertz CT molecular complexity index is 386. The average Bonchev–Trinajstić information content (AvgIpc) is 2.47. The molecule has 4 heteroatoms. The molecule has 0 amide bonds. The van der Waals surface area contributed by atoms with Gasteiger partial charge < -0.3 is 15.1 Å². The lowest BCUT2D eigenvalue weighted by Gasteiger charge is -2.52. The maximum Gasteiger partial charge on any atom is 0.147 e. The van der Waals surface area contributed by atoms with E-state index in [1.54, 1.807) is 0 Å². The van der Waals surface area contributed by atoms with E-state index in [2.05, 4.69) is 39.7 Å². The number of piperidine rings is 1. The van der Waals surface area contributed by atoms with Gasteiger partial charge in [0.25, 0.3) is 0 Å². The molecule has 1 aromatic rings. The monoisotopic (exact) mass is 311 g/mol. The molecular formula is C18H33NO3. The normalized spacial score (nSPS) is 20.0. The van der Waals surface area contributed by atoms with E-state index >= 15 is 0 Å². The lowest BCUT2D eigenvalue weighted by molar-refractivity contribution is -0.225. The molecule has 128 valence electrons. The van der Waals surface area contributed by atoms with Crippen LogP contribution in [0.3, 0.4) is 0 Å². The van der Waals surface area contributed by atoms with E-state index < -0.39 is 0 Å². The van der Waals surface area contributed by atoms with E-state index in [1.165, 1.54) is 12.8 Å². The first-order chi connectivity index (χ1) is 10.3. The maximum absolute atomic E-state index is 7.00. The molecule has 0 aromatic heterocycles. The van der Waals surface area contributed by atoms with Gasteiger partial charge in [-0.05, 0) is 58.6 Å². The van der Waals surface area contributed by atoms with Crippen LogP contribution in [0.4, 0.5) is 0 Å². The smallest absolute Gasteiger partial charge is 0.147 e. The molecule has 1 fully saturated rings. The standard InChI is InChI=1S/C16H25NO.2CH4O/c1-13-11-15(2,3)17(16(4,5)12-13)18-14-9-7-6-8-10-14;2*1-2/h6-10,13H,11-12H2,1-5H3;2*2H,1H3. The molecule has 0 unspecified atom stereocenters. The van der Waals surface area contributed by atoms with Gasteiger partial charge in [0.1, 0.15) is 5.75 Å². The Balaban J connectivity index is 0.00000102. The number of aliphatic hydroxyl groups excluding tert-OH is 2. The minimum Gasteiger partial charge on any atom is -0.405 e. The topological polar surface area (TPSA) is 52.9 Å². The van der Waals surface area contributed by atoms with Crippen molar-refractivity contribution in [1.29, 1.82) is 0 Å². The summed E-state index contributed by atoms with van der Waals surface area (Å²) in [6.45, 7) is 11.4. The Morgan fingerprint density at radius 1 is 0.909 bits per heavy atom. The second-order valence-corrected chi connectivity index (χ2v) is 6.84. The van der Waals surface area contributed by atoms with Gasteiger partial charge in [-0.3, -0.25) is 0 Å². The molecule has 1 heterocycles. The Labute approximate surface area is 135 Å². The third-order valence-electron chi connectivity index (χ3n) is 3.74. The predicted molar refractivity (Wildman–Crippen MR) is 91.8 cm³/mol. The number of rotatable bonds is 2. The highest BCUT2D eigenvalue weighted by Gasteiger charge is 2.46. The van der Waals surface area contributed by atoms with Crippen molar-refractivity contribution in [1.82, 2.24) is 5.06 Å². The third kappa shape index (κ3) is 5.59. The number of aliphatic hydroxyl groups is 2. The zero-order valence-corrected chi connectivity index (χ0v) is 15.1. The fourth-order valence-electron chi connectivity index (χ4n) is 3.60. The molecule has 1 aromatic carbocycles. The third-order valence-corrected chi connectivity index (χ3v) is 3.74. The Morgan fingerprint density at radius 3 is 1.73 bits per heavy atom. The van der Waals surface area contributed by atoms with Gasteiger partial charge in [-0.1, -0.05) is 25.1 Å². The Morgan fingerprint density at radius 2 is 1.32 bits per heavy atom. The van der Waals surface area contributed by atoms with Crippen molar-refractivity contribution >= 4 is 0 Å². The highest BCUT2D eigenvalue weighted by molar-refractivity contribution is 5.21. The summed E-state index contributed by atoms with van der Waals surface area (Å²) >= 11 is 0. The molecule has 1 saturated heterocycles. The van der Waals surface area contributed by atoms with Gasteiger partial charge in [0.15, 0.2) is 0 Å². The highest BCUT2D eigenvalue weighted by atomic mass is 16.7. The second kappa shape index (κ2) is 9.13. The molecule has 1 aliphatic heterocycles. The van der Waals surface area contributed by atoms with Gasteiger partial charge in [-0.25, -0.2) is 0 Å². The molecule has 0 atom stereocenters. The average molecular weight is 311 g/mol. The highest BCUT2D eigenvalue weighted by Crippen LogP contribution is 2.41. The van der Waals surface area contributed by atoms with Crippen LogP contribution in [0, 0.1) is 5.92 Å². The first-order valence-corrected chi connectivity index (χ1v) is 7.74. The molecule has 0 bridgehead atoms. The fourth-order valence-corrected chi connectivity index (χ4v) is 3.60. The number of benzene rings is 1. The fraction of sp³-hybridized carbons (Fsp3) is 0.667. The van der Waals surface area contributed by atoms with Gasteiger partial charge >= 0.3 is 0 Å². The first kappa shape index (κ1) is 20.9. The first-order valence-electron chi connectivity index (χ1n) is 7.74. The van der Waals surface area contributed by atoms with Crippen molar-refractivity contribution < 1.29 is 15.1 Å². The molecule has 0 spiro atoms. The molecule has 0 aliphatic carbocycles. The largest absolute Gasteiger partial charge is 0.405 e. The molecule has 4 nitrogen and oxygen atoms in total. The van der Waals surface area contributed by atoms with Crippen molar-refractivity contribution in [2.24, 2.45) is 5.92 Å². The Hall–Kier alpha value is -1.10. The van der Waals surface area contributed by atoms with Crippen LogP contribution in [0.5, 0.6) is 5.75 Å².